The number of carbonyl (C=O) groups excluding carboxylic acids is 2. The summed E-state index contributed by atoms with van der Waals surface area (Å²) in [6.45, 7) is 3.80. The Morgan fingerprint density at radius 3 is 2.14 bits per heavy atom. The van der Waals surface area contributed by atoms with Gasteiger partial charge in [0.1, 0.15) is 0 Å². The summed E-state index contributed by atoms with van der Waals surface area (Å²) >= 11 is 0. The summed E-state index contributed by atoms with van der Waals surface area (Å²) in [5.41, 5.74) is 0. The predicted molar refractivity (Wildman–Crippen MR) is 76.4 cm³/mol. The minimum Gasteiger partial charge on any atom is -0.481 e. The summed E-state index contributed by atoms with van der Waals surface area (Å²) in [6.07, 6.45) is 5.37. The molecule has 0 spiro atoms. The van der Waals surface area contributed by atoms with E-state index in [4.69, 9.17) is 0 Å². The minimum absolute atomic E-state index is 0.0216. The molecule has 1 aliphatic carbocycles. The highest BCUT2D eigenvalue weighted by molar-refractivity contribution is 5.85. The second-order valence-electron chi connectivity index (χ2n) is 5.68. The standard InChI is InChI=1S/C15H22N2O4/c1-11(18)16-7-4-8-17(10-9-16)14(19)12-5-2-3-6-13(12)15(20)21/h2-3,12-13H,4-10H2,1H3,(H,20,21)/t12-,13+/m1/s1. The molecular formula is C15H22N2O4. The van der Waals surface area contributed by atoms with Crippen molar-refractivity contribution < 1.29 is 19.5 Å². The second-order valence-corrected chi connectivity index (χ2v) is 5.68. The molecule has 0 aromatic heterocycles. The molecule has 2 aliphatic rings. The largest absolute Gasteiger partial charge is 0.481 e. The molecular weight excluding hydrogens is 272 g/mol. The first-order valence-electron chi connectivity index (χ1n) is 7.43. The predicted octanol–water partition coefficient (Wildman–Crippen LogP) is 0.734. The lowest BCUT2D eigenvalue weighted by molar-refractivity contribution is -0.150. The van der Waals surface area contributed by atoms with E-state index >= 15 is 0 Å². The van der Waals surface area contributed by atoms with Crippen LogP contribution in [-0.4, -0.2) is 58.9 Å². The van der Waals surface area contributed by atoms with Gasteiger partial charge in [-0.3, -0.25) is 14.4 Å². The van der Waals surface area contributed by atoms with Gasteiger partial charge >= 0.3 is 5.97 Å². The normalized spacial score (nSPS) is 26.3. The molecule has 2 rings (SSSR count). The maximum absolute atomic E-state index is 12.6. The molecule has 1 N–H and O–H groups in total. The number of aliphatic carboxylic acids is 1. The smallest absolute Gasteiger partial charge is 0.307 e. The van der Waals surface area contributed by atoms with Crippen molar-refractivity contribution in [2.45, 2.75) is 26.2 Å². The summed E-state index contributed by atoms with van der Waals surface area (Å²) in [7, 11) is 0. The van der Waals surface area contributed by atoms with Crippen LogP contribution < -0.4 is 0 Å². The van der Waals surface area contributed by atoms with Crippen LogP contribution in [0, 0.1) is 11.8 Å². The van der Waals surface area contributed by atoms with Crippen molar-refractivity contribution >= 4 is 17.8 Å². The van der Waals surface area contributed by atoms with E-state index in [0.29, 0.717) is 39.0 Å². The highest BCUT2D eigenvalue weighted by atomic mass is 16.4. The number of carboxylic acid groups (broad SMARTS) is 1. The maximum Gasteiger partial charge on any atom is 0.307 e. The van der Waals surface area contributed by atoms with Gasteiger partial charge in [0.2, 0.25) is 11.8 Å². The molecule has 1 aliphatic heterocycles. The van der Waals surface area contributed by atoms with E-state index in [1.54, 1.807) is 9.80 Å². The van der Waals surface area contributed by atoms with E-state index in [2.05, 4.69) is 0 Å². The molecule has 116 valence electrons. The van der Waals surface area contributed by atoms with Gasteiger partial charge < -0.3 is 14.9 Å². The lowest BCUT2D eigenvalue weighted by Crippen LogP contribution is -2.43. The Kier molecular flexibility index (Phi) is 4.98. The molecule has 21 heavy (non-hydrogen) atoms. The Hall–Kier alpha value is -1.85. The molecule has 1 saturated heterocycles. The van der Waals surface area contributed by atoms with E-state index in [-0.39, 0.29) is 11.8 Å². The highest BCUT2D eigenvalue weighted by Crippen LogP contribution is 2.28. The quantitative estimate of drug-likeness (QED) is 0.762. The van der Waals surface area contributed by atoms with Crippen molar-refractivity contribution in [2.75, 3.05) is 26.2 Å². The fraction of sp³-hybridized carbons (Fsp3) is 0.667. The van der Waals surface area contributed by atoms with Crippen LogP contribution in [0.2, 0.25) is 0 Å². The van der Waals surface area contributed by atoms with Crippen LogP contribution in [0.25, 0.3) is 0 Å². The fourth-order valence-electron chi connectivity index (χ4n) is 3.05. The highest BCUT2D eigenvalue weighted by Gasteiger charge is 2.36. The topological polar surface area (TPSA) is 77.9 Å². The van der Waals surface area contributed by atoms with Crippen molar-refractivity contribution in [3.8, 4) is 0 Å². The molecule has 1 heterocycles. The molecule has 1 fully saturated rings. The van der Waals surface area contributed by atoms with Gasteiger partial charge in [-0.1, -0.05) is 12.2 Å². The van der Waals surface area contributed by atoms with Crippen LogP contribution in [0.3, 0.4) is 0 Å². The van der Waals surface area contributed by atoms with Gasteiger partial charge in [0.15, 0.2) is 0 Å². The van der Waals surface area contributed by atoms with Crippen molar-refractivity contribution in [1.29, 1.82) is 0 Å². The van der Waals surface area contributed by atoms with Crippen molar-refractivity contribution in [3.05, 3.63) is 12.2 Å². The van der Waals surface area contributed by atoms with Crippen molar-refractivity contribution in [3.63, 3.8) is 0 Å². The molecule has 2 amide bonds. The zero-order valence-corrected chi connectivity index (χ0v) is 12.3. The Labute approximate surface area is 124 Å². The number of nitrogens with zero attached hydrogens (tertiary/aromatic N) is 2. The van der Waals surface area contributed by atoms with Gasteiger partial charge in [-0.15, -0.1) is 0 Å². The average molecular weight is 294 g/mol. The van der Waals surface area contributed by atoms with Gasteiger partial charge in [0.25, 0.3) is 0 Å². The maximum atomic E-state index is 12.6. The van der Waals surface area contributed by atoms with Gasteiger partial charge in [-0.25, -0.2) is 0 Å². The summed E-state index contributed by atoms with van der Waals surface area (Å²) in [5, 5.41) is 9.27. The van der Waals surface area contributed by atoms with E-state index in [9.17, 15) is 19.5 Å². The van der Waals surface area contributed by atoms with Crippen LogP contribution >= 0.6 is 0 Å². The zero-order chi connectivity index (χ0) is 15.4. The van der Waals surface area contributed by atoms with Crippen molar-refractivity contribution in [2.24, 2.45) is 11.8 Å². The third-order valence-corrected chi connectivity index (χ3v) is 4.32. The molecule has 6 nitrogen and oxygen atoms in total. The van der Waals surface area contributed by atoms with Gasteiger partial charge in [0, 0.05) is 33.1 Å². The fourth-order valence-corrected chi connectivity index (χ4v) is 3.05. The molecule has 0 aromatic rings. The van der Waals surface area contributed by atoms with Crippen LogP contribution in [0.1, 0.15) is 26.2 Å². The summed E-state index contributed by atoms with van der Waals surface area (Å²) in [6, 6.07) is 0. The number of carboxylic acids is 1. The number of carbonyl (C=O) groups is 3. The third-order valence-electron chi connectivity index (χ3n) is 4.32. The molecule has 0 unspecified atom stereocenters. The van der Waals surface area contributed by atoms with Gasteiger partial charge in [0.05, 0.1) is 11.8 Å². The third kappa shape index (κ3) is 3.62. The number of amides is 2. The molecule has 0 saturated carbocycles. The van der Waals surface area contributed by atoms with E-state index in [1.165, 1.54) is 6.92 Å². The van der Waals surface area contributed by atoms with Crippen LogP contribution in [0.15, 0.2) is 12.2 Å². The Balaban J connectivity index is 2.03. The Morgan fingerprint density at radius 1 is 0.952 bits per heavy atom. The molecule has 0 aromatic carbocycles. The molecule has 2 atom stereocenters. The van der Waals surface area contributed by atoms with Gasteiger partial charge in [-0.05, 0) is 19.3 Å². The SMILES string of the molecule is CC(=O)N1CCCN(C(=O)[C@@H]2CC=CC[C@@H]2C(=O)O)CC1. The lowest BCUT2D eigenvalue weighted by Gasteiger charge is -2.30. The van der Waals surface area contributed by atoms with Crippen LogP contribution in [-0.2, 0) is 14.4 Å². The molecule has 0 radical (unpaired) electrons. The Morgan fingerprint density at radius 2 is 1.52 bits per heavy atom. The van der Waals surface area contributed by atoms with Gasteiger partial charge in [-0.2, -0.15) is 0 Å². The monoisotopic (exact) mass is 294 g/mol. The summed E-state index contributed by atoms with van der Waals surface area (Å²) in [5.74, 6) is -2.07. The Bertz CT molecular complexity index is 461. The number of allylic oxidation sites excluding steroid dienone is 2. The number of hydrogen-bond donors (Lipinski definition) is 1. The minimum atomic E-state index is -0.905. The second kappa shape index (κ2) is 6.74. The van der Waals surface area contributed by atoms with Crippen LogP contribution in [0.4, 0.5) is 0 Å². The number of rotatable bonds is 2. The first-order chi connectivity index (χ1) is 10.0. The molecule has 0 bridgehead atoms. The summed E-state index contributed by atoms with van der Waals surface area (Å²) in [4.78, 5) is 38.8. The first-order valence-corrected chi connectivity index (χ1v) is 7.43. The summed E-state index contributed by atoms with van der Waals surface area (Å²) < 4.78 is 0. The van der Waals surface area contributed by atoms with E-state index in [0.717, 1.165) is 6.42 Å². The van der Waals surface area contributed by atoms with Crippen LogP contribution in [0.5, 0.6) is 0 Å². The average Bonchev–Trinajstić information content (AvgIpc) is 2.72. The molecule has 6 heteroatoms. The first kappa shape index (κ1) is 15.5. The lowest BCUT2D eigenvalue weighted by atomic mass is 9.82. The van der Waals surface area contributed by atoms with E-state index < -0.39 is 17.8 Å². The van der Waals surface area contributed by atoms with E-state index in [1.807, 2.05) is 12.2 Å². The number of hydrogen-bond acceptors (Lipinski definition) is 3. The van der Waals surface area contributed by atoms with Crippen molar-refractivity contribution in [1.82, 2.24) is 9.80 Å². The zero-order valence-electron chi connectivity index (χ0n) is 12.3.